The molecule has 12 atom stereocenters. The highest BCUT2D eigenvalue weighted by atomic mass is 19.1. The number of halogens is 3. The third kappa shape index (κ3) is 15.6. The molecule has 14 aromatic rings. The number of pyridine rings is 4. The zero-order valence-electron chi connectivity index (χ0n) is 80.1. The molecule has 10 aliphatic rings. The SMILES string of the molecule is [C-]#[N+]C1=C[C@@]2(C)c3nc(-c4cc(C)nc5ccccc45)nc(OC4CCC4)c3CC[C@@H]2[C@@H](C)C1=O.[C-]#[N+]C1=C[C@@]2(C)c3nc(-c4cccc5cccnc45)nc(-c4ccccc4F)c3CC[C@@H]2[C@@H](C)C1=O.[C-]#[N+]C1=C[C@@]2(C)c3nc(-c4cccc5cnccc45)nc(-c4ccccc4F)c3CC[C@@H]2[C@@H](C)C1=O.[C-]#[N+]C1=C[C@@]2(C)c3nc(-c4ccnc5c4CCC5)nc(-c4ccccc4F)c3CC[C@@H]2[C@@H](C)C1=O. The molecule has 10 aliphatic carbocycles. The molecule has 1 saturated carbocycles. The molecule has 0 bridgehead atoms. The Labute approximate surface area is 821 Å². The van der Waals surface area contributed by atoms with E-state index < -0.39 is 21.7 Å². The van der Waals surface area contributed by atoms with Crippen molar-refractivity contribution in [1.29, 1.82) is 0 Å². The van der Waals surface area contributed by atoms with Gasteiger partial charge in [-0.2, -0.15) is 4.98 Å². The molecule has 1 fully saturated rings. The first-order valence-electron chi connectivity index (χ1n) is 48.8. The lowest BCUT2D eigenvalue weighted by Crippen LogP contribution is -2.46. The second kappa shape index (κ2) is 36.5. The first-order chi connectivity index (χ1) is 68.6. The van der Waals surface area contributed by atoms with Gasteiger partial charge < -0.3 is 23.9 Å². The van der Waals surface area contributed by atoms with Gasteiger partial charge in [-0.3, -0.25) is 19.9 Å². The van der Waals surface area contributed by atoms with Crippen molar-refractivity contribution in [2.75, 3.05) is 0 Å². The maximum absolute atomic E-state index is 15.1. The number of carbonyl (C=O) groups excluding carboxylic acids is 4. The predicted molar refractivity (Wildman–Crippen MR) is 537 cm³/mol. The molecular weight excluding hydrogens is 1780 g/mol. The number of ether oxygens (including phenoxy) is 1. The Kier molecular flexibility index (Phi) is 23.8. The Morgan fingerprint density at radius 1 is 0.359 bits per heavy atom. The number of rotatable bonds is 9. The topological polar surface area (TPSA) is 250 Å². The zero-order valence-corrected chi connectivity index (χ0v) is 80.1. The molecule has 8 aromatic heterocycles. The van der Waals surface area contributed by atoms with Gasteiger partial charge in [0.1, 0.15) is 23.6 Å². The molecule has 24 rings (SSSR count). The summed E-state index contributed by atoms with van der Waals surface area (Å²) < 4.78 is 51.8. The molecule has 0 spiro atoms. The van der Waals surface area contributed by atoms with Crippen LogP contribution in [0.2, 0.25) is 0 Å². The first kappa shape index (κ1) is 92.6. The van der Waals surface area contributed by atoms with Crippen LogP contribution in [0.5, 0.6) is 5.88 Å². The summed E-state index contributed by atoms with van der Waals surface area (Å²) in [6.07, 6.45) is 26.4. The van der Waals surface area contributed by atoms with Crippen molar-refractivity contribution in [3.05, 3.63) is 361 Å². The lowest BCUT2D eigenvalue weighted by atomic mass is 9.58. The highest BCUT2D eigenvalue weighted by molar-refractivity contribution is 6.04. The summed E-state index contributed by atoms with van der Waals surface area (Å²) in [6.45, 7) is 48.4. The summed E-state index contributed by atoms with van der Waals surface area (Å²) in [5.74, 6) is 0.404. The second-order valence-corrected chi connectivity index (χ2v) is 40.1. The molecule has 6 aromatic carbocycles. The third-order valence-electron chi connectivity index (χ3n) is 32.1. The van der Waals surface area contributed by atoms with Gasteiger partial charge in [-0.05, 0) is 204 Å². The van der Waals surface area contributed by atoms with E-state index in [0.717, 1.165) is 181 Å². The van der Waals surface area contributed by atoms with Crippen LogP contribution in [0, 0.1) is 98.0 Å². The summed E-state index contributed by atoms with van der Waals surface area (Å²) in [5, 5.41) is 3.86. The smallest absolute Gasteiger partial charge is 0.226 e. The number of para-hydroxylation sites is 2. The molecule has 24 heteroatoms. The maximum atomic E-state index is 15.1. The highest BCUT2D eigenvalue weighted by Gasteiger charge is 2.55. The number of allylic oxidation sites excluding steroid dienone is 8. The van der Waals surface area contributed by atoms with Crippen molar-refractivity contribution in [3.63, 3.8) is 0 Å². The fourth-order valence-electron chi connectivity index (χ4n) is 24.6. The Balaban J connectivity index is 0.000000112. The normalized spacial score (nSPS) is 24.1. The second-order valence-electron chi connectivity index (χ2n) is 40.1. The molecule has 0 aliphatic heterocycles. The third-order valence-corrected chi connectivity index (χ3v) is 32.1. The van der Waals surface area contributed by atoms with Crippen molar-refractivity contribution in [3.8, 4) is 85.2 Å². The molecule has 8 heterocycles. The van der Waals surface area contributed by atoms with Crippen molar-refractivity contribution in [2.45, 2.75) is 180 Å². The van der Waals surface area contributed by atoms with E-state index in [2.05, 4.69) is 61.2 Å². The number of Topliss-reactive ketones (excluding diaryl/α,β-unsaturated/α-hetero) is 4. The zero-order chi connectivity index (χ0) is 98.7. The van der Waals surface area contributed by atoms with Gasteiger partial charge in [-0.25, -0.2) is 67.4 Å². The van der Waals surface area contributed by atoms with E-state index in [1.165, 1.54) is 24.6 Å². The van der Waals surface area contributed by atoms with E-state index in [-0.39, 0.29) is 117 Å². The maximum Gasteiger partial charge on any atom is 0.226 e. The quantitative estimate of drug-likeness (QED) is 0.122. The van der Waals surface area contributed by atoms with Gasteiger partial charge in [0.15, 0.2) is 46.4 Å². The largest absolute Gasteiger partial charge is 0.474 e. The van der Waals surface area contributed by atoms with Crippen LogP contribution in [0.1, 0.15) is 169 Å². The van der Waals surface area contributed by atoms with Crippen molar-refractivity contribution >= 4 is 55.7 Å². The Hall–Kier alpha value is -15.8. The fourth-order valence-corrected chi connectivity index (χ4v) is 24.6. The summed E-state index contributed by atoms with van der Waals surface area (Å²) in [4.78, 5) is 124. The molecule has 142 heavy (non-hydrogen) atoms. The molecule has 21 nitrogen and oxygen atoms in total. The van der Waals surface area contributed by atoms with E-state index in [1.54, 1.807) is 79.4 Å². The fraction of sp³-hybridized carbons (Fsp3) is 0.305. The van der Waals surface area contributed by atoms with E-state index in [1.807, 2.05) is 151 Å². The van der Waals surface area contributed by atoms with Gasteiger partial charge in [0.05, 0.1) is 77.2 Å². The summed E-state index contributed by atoms with van der Waals surface area (Å²) in [5.41, 5.74) is 16.4. The van der Waals surface area contributed by atoms with Crippen LogP contribution in [0.25, 0.3) is 131 Å². The van der Waals surface area contributed by atoms with Crippen LogP contribution in [0.3, 0.4) is 0 Å². The standard InChI is InChI=1S/2C30H23FN4O.C29H25FN4O.C29H28N4O2/c1-17-22-14-13-20-26(19-10-4-5-12-23(19)31)34-29(21-11-6-8-18-9-7-15-33-25(18)21)35-28(20)30(22,2)16-24(32-3)27(17)36;1-17-23-12-11-22-26(21-8-4-5-10-24(21)31)34-29(20-9-6-7-18-16-33-14-13-19(18)20)35-28(22)30(23,2)15-25(32-3)27(17)36;1-16-21-12-11-20-25(19-7-4-5-9-22(19)30)33-28(18-13-14-32-23-10-6-8-17(18)23)34-27(20)29(21,2)15-24(31-3)26(16)35;1-16-14-21(19-10-5-6-11-23(19)31-16)27-32-26-20(28(33-27)35-18-8-7-9-18)12-13-22-17(2)25(34)24(30-4)15-29(22,26)3/h4-12,15-17,22H,13-14H2,1-2H3;4-10,13-17,23H,11-12H2,1-2H3;4-5,7,9,13-16,21H,6,8,10-12H2,1-2H3;5-6,10-11,14-15,17-18,22H,7-9,12-13H2,1-3H3/t17-,22-,30-;17-,23-,30-;16-,21-,29-;17-,22-,29-/m1111/s1. The van der Waals surface area contributed by atoms with E-state index in [4.69, 9.17) is 75.9 Å². The van der Waals surface area contributed by atoms with Gasteiger partial charge >= 0.3 is 0 Å². The van der Waals surface area contributed by atoms with Crippen LogP contribution in [-0.4, -0.2) is 89.0 Å². The minimum absolute atomic E-state index is 0.00376. The van der Waals surface area contributed by atoms with Crippen molar-refractivity contribution < 1.29 is 37.1 Å². The van der Waals surface area contributed by atoms with Crippen LogP contribution < -0.4 is 4.74 Å². The monoisotopic (exact) mass is 1880 g/mol. The minimum Gasteiger partial charge on any atom is -0.474 e. The molecule has 0 amide bonds. The van der Waals surface area contributed by atoms with Crippen LogP contribution in [-0.2, 0) is 79.4 Å². The Bertz CT molecular complexity index is 7800. The number of hydrogen-bond donors (Lipinski definition) is 0. The molecule has 0 saturated heterocycles. The minimum atomic E-state index is -0.656. The van der Waals surface area contributed by atoms with E-state index >= 15 is 13.2 Å². The average molecular weight is 1880 g/mol. The highest BCUT2D eigenvalue weighted by Crippen LogP contribution is 2.58. The molecule has 702 valence electrons. The average Bonchev–Trinajstić information content (AvgIpc) is 0.744. The number of hydrogen-bond acceptors (Lipinski definition) is 17. The van der Waals surface area contributed by atoms with Gasteiger partial charge in [0, 0.05) is 159 Å². The van der Waals surface area contributed by atoms with Gasteiger partial charge in [0.2, 0.25) is 28.7 Å². The Morgan fingerprint density at radius 3 is 1.25 bits per heavy atom. The number of aromatic nitrogens is 12. The molecule has 0 unspecified atom stereocenters. The van der Waals surface area contributed by atoms with Crippen LogP contribution in [0.4, 0.5) is 13.2 Å². The number of fused-ring (bicyclic) bond motifs is 16. The molecule has 0 radical (unpaired) electrons. The van der Waals surface area contributed by atoms with E-state index in [0.29, 0.717) is 82.2 Å². The van der Waals surface area contributed by atoms with E-state index in [9.17, 15) is 19.2 Å². The number of carbonyl (C=O) groups is 4. The lowest BCUT2D eigenvalue weighted by molar-refractivity contribution is -0.122. The predicted octanol–water partition coefficient (Wildman–Crippen LogP) is 24.1. The van der Waals surface area contributed by atoms with Gasteiger partial charge in [-0.15, -0.1) is 0 Å². The number of ketones is 4. The first-order valence-corrected chi connectivity index (χ1v) is 48.8. The van der Waals surface area contributed by atoms with Crippen molar-refractivity contribution in [1.82, 2.24) is 59.8 Å². The Morgan fingerprint density at radius 2 is 0.775 bits per heavy atom. The molecule has 0 N–H and O–H groups in total. The van der Waals surface area contributed by atoms with Crippen LogP contribution >= 0.6 is 0 Å². The van der Waals surface area contributed by atoms with Crippen molar-refractivity contribution in [2.24, 2.45) is 47.3 Å². The van der Waals surface area contributed by atoms with Crippen LogP contribution in [0.15, 0.2) is 236 Å². The molecular formula is C118H99F3N16O5. The van der Waals surface area contributed by atoms with Gasteiger partial charge in [0.25, 0.3) is 0 Å². The lowest BCUT2D eigenvalue weighted by Gasteiger charge is -2.46. The summed E-state index contributed by atoms with van der Waals surface area (Å²) in [7, 11) is 0. The summed E-state index contributed by atoms with van der Waals surface area (Å²) >= 11 is 0. The number of aryl methyl sites for hydroxylation is 2. The summed E-state index contributed by atoms with van der Waals surface area (Å²) in [6, 6.07) is 49.6. The number of nitrogens with zero attached hydrogens (tertiary/aromatic N) is 16. The number of benzene rings is 6. The van der Waals surface area contributed by atoms with Gasteiger partial charge in [-0.1, -0.05) is 171 Å².